The van der Waals surface area contributed by atoms with Gasteiger partial charge in [-0.25, -0.2) is 0 Å². The molecule has 0 bridgehead atoms. The highest BCUT2D eigenvalue weighted by atomic mass is 35.5. The van der Waals surface area contributed by atoms with Gasteiger partial charge in [-0.1, -0.05) is 41.9 Å². The summed E-state index contributed by atoms with van der Waals surface area (Å²) in [5.74, 6) is 0.197. The molecule has 0 fully saturated rings. The van der Waals surface area contributed by atoms with E-state index in [9.17, 15) is 9.59 Å². The molecule has 0 atom stereocenters. The van der Waals surface area contributed by atoms with Gasteiger partial charge >= 0.3 is 0 Å². The molecule has 0 aromatic heterocycles. The third-order valence-corrected chi connectivity index (χ3v) is 4.07. The number of nitrogens with one attached hydrogen (secondary N) is 1. The fraction of sp³-hybridized carbons (Fsp3) is 0.200. The number of hydrogen-bond donors (Lipinski definition) is 1. The van der Waals surface area contributed by atoms with E-state index in [0.717, 1.165) is 11.1 Å². The van der Waals surface area contributed by atoms with Gasteiger partial charge < -0.3 is 15.0 Å². The van der Waals surface area contributed by atoms with Gasteiger partial charge in [-0.05, 0) is 35.4 Å². The van der Waals surface area contributed by atoms with Gasteiger partial charge in [0.15, 0.2) is 0 Å². The summed E-state index contributed by atoms with van der Waals surface area (Å²) >= 11 is 6.05. The molecule has 0 aliphatic heterocycles. The number of likely N-dealkylation sites (N-methyl/N-ethyl adjacent to an activating group) is 1. The van der Waals surface area contributed by atoms with Crippen molar-refractivity contribution in [3.8, 4) is 5.75 Å². The van der Waals surface area contributed by atoms with E-state index in [4.69, 9.17) is 16.3 Å². The second-order valence-electron chi connectivity index (χ2n) is 5.67. The van der Waals surface area contributed by atoms with Crippen molar-refractivity contribution in [1.29, 1.82) is 0 Å². The standard InChI is InChI=1S/C20H21ClN2O3/c1-23(14-19(24)22-13-16-7-3-4-9-18(16)21)20(25)11-10-15-6-5-8-17(12-15)26-2/h3-12H,13-14H2,1-2H3,(H,22,24)/b11-10+. The Bertz CT molecular complexity index is 805. The first-order chi connectivity index (χ1) is 12.5. The number of benzene rings is 2. The zero-order chi connectivity index (χ0) is 18.9. The quantitative estimate of drug-likeness (QED) is 0.759. The average Bonchev–Trinajstić information content (AvgIpc) is 2.65. The molecular weight excluding hydrogens is 352 g/mol. The van der Waals surface area contributed by atoms with Crippen LogP contribution < -0.4 is 10.1 Å². The van der Waals surface area contributed by atoms with E-state index in [1.807, 2.05) is 42.5 Å². The molecule has 136 valence electrons. The Morgan fingerprint density at radius 2 is 1.96 bits per heavy atom. The van der Waals surface area contributed by atoms with E-state index in [0.29, 0.717) is 17.3 Å². The molecule has 0 saturated heterocycles. The normalized spacial score (nSPS) is 10.6. The number of ether oxygens (including phenoxy) is 1. The van der Waals surface area contributed by atoms with E-state index in [2.05, 4.69) is 5.32 Å². The summed E-state index contributed by atoms with van der Waals surface area (Å²) < 4.78 is 5.14. The molecule has 5 nitrogen and oxygen atoms in total. The molecule has 0 saturated carbocycles. The molecule has 1 N–H and O–H groups in total. The molecule has 2 aromatic carbocycles. The molecule has 2 rings (SSSR count). The van der Waals surface area contributed by atoms with Crippen LogP contribution in [0.3, 0.4) is 0 Å². The third kappa shape index (κ3) is 5.93. The highest BCUT2D eigenvalue weighted by molar-refractivity contribution is 6.31. The van der Waals surface area contributed by atoms with E-state index < -0.39 is 0 Å². The Morgan fingerprint density at radius 1 is 1.19 bits per heavy atom. The van der Waals surface area contributed by atoms with E-state index >= 15 is 0 Å². The van der Waals surface area contributed by atoms with Crippen LogP contribution in [0.2, 0.25) is 5.02 Å². The van der Waals surface area contributed by atoms with Crippen LogP contribution in [0.15, 0.2) is 54.6 Å². The van der Waals surface area contributed by atoms with Crippen LogP contribution >= 0.6 is 11.6 Å². The van der Waals surface area contributed by atoms with Crippen molar-refractivity contribution in [2.45, 2.75) is 6.54 Å². The molecule has 26 heavy (non-hydrogen) atoms. The topological polar surface area (TPSA) is 58.6 Å². The summed E-state index contributed by atoms with van der Waals surface area (Å²) in [4.78, 5) is 25.5. The Labute approximate surface area is 158 Å². The monoisotopic (exact) mass is 372 g/mol. The first kappa shape index (κ1) is 19.5. The Hall–Kier alpha value is -2.79. The number of methoxy groups -OCH3 is 1. The molecule has 2 aromatic rings. The van der Waals surface area contributed by atoms with Gasteiger partial charge in [0.2, 0.25) is 11.8 Å². The highest BCUT2D eigenvalue weighted by Gasteiger charge is 2.11. The van der Waals surface area contributed by atoms with Crippen LogP contribution in [0.1, 0.15) is 11.1 Å². The number of nitrogens with zero attached hydrogens (tertiary/aromatic N) is 1. The second kappa shape index (κ2) is 9.63. The number of amides is 2. The summed E-state index contributed by atoms with van der Waals surface area (Å²) in [6.07, 6.45) is 3.11. The van der Waals surface area contributed by atoms with Gasteiger partial charge in [0.1, 0.15) is 5.75 Å². The van der Waals surface area contributed by atoms with E-state index in [-0.39, 0.29) is 18.4 Å². The Morgan fingerprint density at radius 3 is 2.69 bits per heavy atom. The van der Waals surface area contributed by atoms with Crippen molar-refractivity contribution in [3.63, 3.8) is 0 Å². The summed E-state index contributed by atoms with van der Waals surface area (Å²) in [5, 5.41) is 3.35. The number of halogens is 1. The van der Waals surface area contributed by atoms with Crippen LogP contribution in [0.25, 0.3) is 6.08 Å². The van der Waals surface area contributed by atoms with Crippen molar-refractivity contribution < 1.29 is 14.3 Å². The van der Waals surface area contributed by atoms with Crippen molar-refractivity contribution in [2.75, 3.05) is 20.7 Å². The maximum Gasteiger partial charge on any atom is 0.246 e. The Balaban J connectivity index is 1.84. The van der Waals surface area contributed by atoms with Crippen LogP contribution in [-0.4, -0.2) is 37.4 Å². The molecule has 0 spiro atoms. The van der Waals surface area contributed by atoms with Gasteiger partial charge in [0, 0.05) is 24.7 Å². The van der Waals surface area contributed by atoms with Gasteiger partial charge in [-0.2, -0.15) is 0 Å². The molecule has 0 aliphatic rings. The van der Waals surface area contributed by atoms with Crippen LogP contribution in [0, 0.1) is 0 Å². The van der Waals surface area contributed by atoms with Gasteiger partial charge in [-0.15, -0.1) is 0 Å². The van der Waals surface area contributed by atoms with Gasteiger partial charge in [0.05, 0.1) is 13.7 Å². The van der Waals surface area contributed by atoms with Crippen molar-refractivity contribution in [2.24, 2.45) is 0 Å². The minimum absolute atomic E-state index is 0.0360. The fourth-order valence-corrected chi connectivity index (χ4v) is 2.43. The second-order valence-corrected chi connectivity index (χ2v) is 6.08. The van der Waals surface area contributed by atoms with Gasteiger partial charge in [-0.3, -0.25) is 9.59 Å². The first-order valence-electron chi connectivity index (χ1n) is 8.07. The van der Waals surface area contributed by atoms with Crippen LogP contribution in [-0.2, 0) is 16.1 Å². The molecule has 0 radical (unpaired) electrons. The number of hydrogen-bond acceptors (Lipinski definition) is 3. The summed E-state index contributed by atoms with van der Waals surface area (Å²) in [6, 6.07) is 14.6. The highest BCUT2D eigenvalue weighted by Crippen LogP contribution is 2.14. The fourth-order valence-electron chi connectivity index (χ4n) is 2.22. The van der Waals surface area contributed by atoms with E-state index in [1.165, 1.54) is 11.0 Å². The van der Waals surface area contributed by atoms with Gasteiger partial charge in [0.25, 0.3) is 0 Å². The molecule has 0 heterocycles. The maximum atomic E-state index is 12.1. The van der Waals surface area contributed by atoms with Crippen LogP contribution in [0.4, 0.5) is 0 Å². The largest absolute Gasteiger partial charge is 0.497 e. The average molecular weight is 373 g/mol. The maximum absolute atomic E-state index is 12.1. The number of rotatable bonds is 7. The molecule has 0 aliphatic carbocycles. The lowest BCUT2D eigenvalue weighted by molar-refractivity contribution is -0.131. The molecule has 2 amide bonds. The lowest BCUT2D eigenvalue weighted by Gasteiger charge is -2.15. The predicted octanol–water partition coefficient (Wildman–Crippen LogP) is 3.14. The van der Waals surface area contributed by atoms with E-state index in [1.54, 1.807) is 26.3 Å². The smallest absolute Gasteiger partial charge is 0.246 e. The summed E-state index contributed by atoms with van der Waals surface area (Å²) in [6.45, 7) is 0.284. The lowest BCUT2D eigenvalue weighted by Crippen LogP contribution is -2.37. The lowest BCUT2D eigenvalue weighted by atomic mass is 10.2. The molecule has 0 unspecified atom stereocenters. The zero-order valence-electron chi connectivity index (χ0n) is 14.7. The minimum Gasteiger partial charge on any atom is -0.497 e. The molecule has 6 heteroatoms. The Kier molecular flexibility index (Phi) is 7.24. The SMILES string of the molecule is COc1cccc(/C=C/C(=O)N(C)CC(=O)NCc2ccccc2Cl)c1. The first-order valence-corrected chi connectivity index (χ1v) is 8.44. The number of carbonyl (C=O) groups is 2. The summed E-state index contributed by atoms with van der Waals surface area (Å²) in [5.41, 5.74) is 1.67. The predicted molar refractivity (Wildman–Crippen MR) is 103 cm³/mol. The number of carbonyl (C=O) groups excluding carboxylic acids is 2. The minimum atomic E-state index is -0.263. The zero-order valence-corrected chi connectivity index (χ0v) is 15.5. The van der Waals surface area contributed by atoms with Crippen LogP contribution in [0.5, 0.6) is 5.75 Å². The van der Waals surface area contributed by atoms with Crippen molar-refractivity contribution in [3.05, 3.63) is 70.8 Å². The van der Waals surface area contributed by atoms with Crippen molar-refractivity contribution >= 4 is 29.5 Å². The molecular formula is C20H21ClN2O3. The third-order valence-electron chi connectivity index (χ3n) is 3.70. The summed E-state index contributed by atoms with van der Waals surface area (Å²) in [7, 11) is 3.16. The van der Waals surface area contributed by atoms with Crippen molar-refractivity contribution in [1.82, 2.24) is 10.2 Å².